The van der Waals surface area contributed by atoms with Crippen molar-refractivity contribution < 1.29 is 37.7 Å². The number of carbonyl (C=O) groups excluding carboxylic acids is 2. The molecular weight excluding hydrogens is 742 g/mol. The number of hydrogen-bond donors (Lipinski definition) is 3. The molecule has 3 aromatic carbocycles. The topological polar surface area (TPSA) is 99.1 Å². The molecule has 0 heterocycles. The lowest BCUT2D eigenvalue weighted by Gasteiger charge is -2.60. The quantitative estimate of drug-likeness (QED) is 0.156. The maximum atomic E-state index is 14.5. The summed E-state index contributed by atoms with van der Waals surface area (Å²) in [5, 5.41) is 27.3. The van der Waals surface area contributed by atoms with Crippen molar-refractivity contribution in [2.45, 2.75) is 116 Å². The molecule has 10 heteroatoms. The Morgan fingerprint density at radius 2 is 1.72 bits per heavy atom. The average Bonchev–Trinajstić information content (AvgIpc) is 3.44. The fourth-order valence-electron chi connectivity index (χ4n) is 11.1. The molecule has 0 aliphatic heterocycles. The predicted octanol–water partition coefficient (Wildman–Crippen LogP) is 10.6. The summed E-state index contributed by atoms with van der Waals surface area (Å²) in [6, 6.07) is 17.0. The molecule has 3 N–H and O–H groups in total. The van der Waals surface area contributed by atoms with Crippen LogP contribution >= 0.6 is 0 Å². The number of allylic oxidation sites excluding steroid dienone is 2. The van der Waals surface area contributed by atoms with E-state index in [2.05, 4.69) is 39.1 Å². The SMILES string of the molecule is COc1ccc(NC(=O)N(CC2CCC3CC2C3(C)C)CC2(O)CCC3c4ccc(cc4C(=O)c4cccc(C(F)(F)F)c4)CC(O)CCC(C)=CCCC32C)cc1. The van der Waals surface area contributed by atoms with Crippen LogP contribution in [0.2, 0.25) is 0 Å². The van der Waals surface area contributed by atoms with Gasteiger partial charge in [0.2, 0.25) is 0 Å². The molecule has 0 radical (unpaired) electrons. The number of ketones is 1. The number of methoxy groups -OCH3 is 1. The highest BCUT2D eigenvalue weighted by Crippen LogP contribution is 2.62. The summed E-state index contributed by atoms with van der Waals surface area (Å²) >= 11 is 0. The number of alkyl halides is 3. The number of aliphatic hydroxyl groups is 2. The van der Waals surface area contributed by atoms with Gasteiger partial charge in [-0.3, -0.25) is 4.79 Å². The van der Waals surface area contributed by atoms with Crippen LogP contribution in [0.3, 0.4) is 0 Å². The number of fused-ring (bicyclic) bond motifs is 10. The van der Waals surface area contributed by atoms with Gasteiger partial charge in [0, 0.05) is 28.8 Å². The summed E-state index contributed by atoms with van der Waals surface area (Å²) < 4.78 is 46.9. The first kappa shape index (κ1) is 42.0. The van der Waals surface area contributed by atoms with Gasteiger partial charge in [-0.1, -0.05) is 56.7 Å². The van der Waals surface area contributed by atoms with Crippen LogP contribution in [0, 0.1) is 28.6 Å². The van der Waals surface area contributed by atoms with Gasteiger partial charge >= 0.3 is 12.2 Å². The van der Waals surface area contributed by atoms with Crippen molar-refractivity contribution >= 4 is 17.5 Å². The van der Waals surface area contributed by atoms with E-state index in [1.165, 1.54) is 12.1 Å². The number of amides is 2. The second kappa shape index (κ2) is 16.1. The number of hydrogen-bond acceptors (Lipinski definition) is 5. The first-order chi connectivity index (χ1) is 27.4. The molecule has 6 aliphatic rings. The van der Waals surface area contributed by atoms with Crippen molar-refractivity contribution in [2.75, 3.05) is 25.5 Å². The number of nitrogens with one attached hydrogen (secondary N) is 1. The average molecular weight is 801 g/mol. The Morgan fingerprint density at radius 1 is 0.966 bits per heavy atom. The van der Waals surface area contributed by atoms with E-state index in [4.69, 9.17) is 4.74 Å². The van der Waals surface area contributed by atoms with E-state index in [1.807, 2.05) is 17.0 Å². The number of rotatable bonds is 8. The van der Waals surface area contributed by atoms with Crippen LogP contribution in [0.15, 0.2) is 78.4 Å². The number of halogens is 3. The molecule has 7 nitrogen and oxygen atoms in total. The number of carbonyl (C=O) groups is 2. The smallest absolute Gasteiger partial charge is 0.416 e. The van der Waals surface area contributed by atoms with Gasteiger partial charge in [-0.2, -0.15) is 13.2 Å². The Balaban J connectivity index is 1.28. The standard InChI is InChI=1S/C48H59F3N2O5/c1-30-8-7-22-46(4)41(39-20-12-31(24-37(54)17-11-30)25-40(39)43(55)32-9-6-10-35(26-32)48(49,50)51)21-23-47(46,57)29-53(28-33-13-14-34-27-42(33)45(34,2)3)44(56)52-36-15-18-38(58-5)19-16-36/h6,8-10,12,15-16,18-20,25-26,33-34,37,41-42,54,57H,7,11,13-14,17,21-24,27-29H2,1-5H3,(H,52,56). The van der Waals surface area contributed by atoms with Crippen LogP contribution in [0.1, 0.15) is 124 Å². The Bertz CT molecular complexity index is 2030. The zero-order chi connectivity index (χ0) is 41.6. The number of aliphatic hydroxyl groups excluding tert-OH is 1. The third-order valence-electron chi connectivity index (χ3n) is 14.9. The minimum atomic E-state index is -4.62. The van der Waals surface area contributed by atoms with E-state index in [9.17, 15) is 33.0 Å². The van der Waals surface area contributed by atoms with Gasteiger partial charge in [0.1, 0.15) is 5.75 Å². The minimum Gasteiger partial charge on any atom is -0.497 e. The lowest BCUT2D eigenvalue weighted by Crippen LogP contribution is -2.58. The van der Waals surface area contributed by atoms with Crippen LogP contribution in [0.25, 0.3) is 0 Å². The summed E-state index contributed by atoms with van der Waals surface area (Å²) in [6.45, 7) is 9.38. The number of nitrogens with zero attached hydrogens (tertiary/aromatic N) is 1. The second-order valence-electron chi connectivity index (χ2n) is 18.6. The highest BCUT2D eigenvalue weighted by molar-refractivity contribution is 6.10. The normalized spacial score (nSPS) is 29.3. The highest BCUT2D eigenvalue weighted by Gasteiger charge is 2.59. The van der Waals surface area contributed by atoms with Gasteiger partial charge in [0.05, 0.1) is 30.9 Å². The molecule has 7 atom stereocenters. The molecule has 0 spiro atoms. The molecule has 4 bridgehead atoms. The molecule has 3 aromatic rings. The fraction of sp³-hybridized carbons (Fsp3) is 0.542. The van der Waals surface area contributed by atoms with Crippen molar-refractivity contribution in [3.63, 3.8) is 0 Å². The Labute approximate surface area is 341 Å². The van der Waals surface area contributed by atoms with Crippen molar-refractivity contribution in [2.24, 2.45) is 28.6 Å². The predicted molar refractivity (Wildman–Crippen MR) is 220 cm³/mol. The summed E-state index contributed by atoms with van der Waals surface area (Å²) in [5.74, 6) is 1.24. The van der Waals surface area contributed by atoms with Gasteiger partial charge < -0.3 is 25.2 Å². The van der Waals surface area contributed by atoms with E-state index in [0.717, 1.165) is 42.5 Å². The first-order valence-electron chi connectivity index (χ1n) is 21.0. The van der Waals surface area contributed by atoms with Gasteiger partial charge in [0.15, 0.2) is 5.78 Å². The van der Waals surface area contributed by atoms with E-state index < -0.39 is 34.6 Å². The Morgan fingerprint density at radius 3 is 2.41 bits per heavy atom. The molecule has 7 unspecified atom stereocenters. The number of ether oxygens (including phenoxy) is 1. The number of benzene rings is 3. The zero-order valence-electron chi connectivity index (χ0n) is 34.5. The summed E-state index contributed by atoms with van der Waals surface area (Å²) in [6.07, 6.45) is 3.71. The van der Waals surface area contributed by atoms with Crippen LogP contribution in [0.4, 0.5) is 23.7 Å². The van der Waals surface area contributed by atoms with E-state index in [1.54, 1.807) is 37.4 Å². The second-order valence-corrected chi connectivity index (χ2v) is 18.6. The summed E-state index contributed by atoms with van der Waals surface area (Å²) in [7, 11) is 1.59. The maximum absolute atomic E-state index is 14.5. The Hall–Kier alpha value is -4.15. The molecule has 0 saturated heterocycles. The third-order valence-corrected chi connectivity index (χ3v) is 14.9. The van der Waals surface area contributed by atoms with E-state index in [-0.39, 0.29) is 41.0 Å². The lowest BCUT2D eigenvalue weighted by molar-refractivity contribution is -0.137. The molecule has 312 valence electrons. The molecule has 4 saturated carbocycles. The summed E-state index contributed by atoms with van der Waals surface area (Å²) in [5.41, 5.74) is 0.444. The number of anilines is 1. The van der Waals surface area contributed by atoms with Gasteiger partial charge in [-0.15, -0.1) is 0 Å². The first-order valence-corrected chi connectivity index (χ1v) is 21.0. The van der Waals surface area contributed by atoms with E-state index >= 15 is 0 Å². The third kappa shape index (κ3) is 8.20. The van der Waals surface area contributed by atoms with Crippen LogP contribution < -0.4 is 10.1 Å². The van der Waals surface area contributed by atoms with E-state index in [0.29, 0.717) is 80.3 Å². The molecule has 0 aromatic heterocycles. The summed E-state index contributed by atoms with van der Waals surface area (Å²) in [4.78, 5) is 30.8. The van der Waals surface area contributed by atoms with Gasteiger partial charge in [-0.25, -0.2) is 4.79 Å². The number of urea groups is 1. The highest BCUT2D eigenvalue weighted by atomic mass is 19.4. The molecule has 58 heavy (non-hydrogen) atoms. The lowest BCUT2D eigenvalue weighted by atomic mass is 9.45. The molecule has 2 amide bonds. The monoisotopic (exact) mass is 800 g/mol. The van der Waals surface area contributed by atoms with Gasteiger partial charge in [-0.05, 0) is 154 Å². The largest absolute Gasteiger partial charge is 0.497 e. The van der Waals surface area contributed by atoms with Crippen LogP contribution in [-0.4, -0.2) is 58.8 Å². The molecular formula is C48H59F3N2O5. The molecule has 9 rings (SSSR count). The minimum absolute atomic E-state index is 0.0709. The Kier molecular flexibility index (Phi) is 11.7. The fourth-order valence-corrected chi connectivity index (χ4v) is 11.1. The maximum Gasteiger partial charge on any atom is 0.416 e. The van der Waals surface area contributed by atoms with Gasteiger partial charge in [0.25, 0.3) is 0 Å². The molecule has 4 fully saturated rings. The van der Waals surface area contributed by atoms with Crippen molar-refractivity contribution in [3.8, 4) is 5.75 Å². The van der Waals surface area contributed by atoms with Crippen molar-refractivity contribution in [3.05, 3.63) is 106 Å². The van der Waals surface area contributed by atoms with Crippen molar-refractivity contribution in [1.82, 2.24) is 4.90 Å². The molecule has 6 aliphatic carbocycles. The zero-order valence-corrected chi connectivity index (χ0v) is 34.5. The van der Waals surface area contributed by atoms with Crippen molar-refractivity contribution in [1.29, 1.82) is 0 Å². The van der Waals surface area contributed by atoms with Crippen LogP contribution in [-0.2, 0) is 12.6 Å². The van der Waals surface area contributed by atoms with Crippen LogP contribution in [0.5, 0.6) is 5.75 Å².